The molecule has 0 saturated heterocycles. The van der Waals surface area contributed by atoms with Crippen molar-refractivity contribution in [3.63, 3.8) is 0 Å². The van der Waals surface area contributed by atoms with Crippen molar-refractivity contribution in [3.8, 4) is 0 Å². The minimum absolute atomic E-state index is 0.0926. The van der Waals surface area contributed by atoms with Crippen molar-refractivity contribution in [2.45, 2.75) is 64.2 Å². The second-order valence-corrected chi connectivity index (χ2v) is 7.99. The zero-order valence-electron chi connectivity index (χ0n) is 15.9. The van der Waals surface area contributed by atoms with Crippen molar-refractivity contribution in [2.75, 3.05) is 0 Å². The fourth-order valence-corrected chi connectivity index (χ4v) is 6.03. The maximum atomic E-state index is 3.48. The molecule has 3 aromatic heterocycles. The normalized spacial score (nSPS) is 12.6. The number of hydrogen-bond acceptors (Lipinski definition) is 1. The van der Waals surface area contributed by atoms with Crippen LogP contribution in [-0.2, 0) is 10.8 Å². The average molecular weight is 355 g/mol. The number of thiophene rings is 1. The highest BCUT2D eigenvalue weighted by Crippen LogP contribution is 2.47. The minimum Gasteiger partial charge on any atom is -0.364 e. The molecule has 25 heavy (non-hydrogen) atoms. The van der Waals surface area contributed by atoms with Gasteiger partial charge in [0.2, 0.25) is 0 Å². The number of nitrogens with one attached hydrogen (secondary N) is 2. The van der Waals surface area contributed by atoms with Gasteiger partial charge < -0.3 is 9.97 Å². The Morgan fingerprint density at radius 2 is 1.08 bits per heavy atom. The first-order chi connectivity index (χ1) is 12.2. The summed E-state index contributed by atoms with van der Waals surface area (Å²) in [5.74, 6) is 0. The molecule has 3 aromatic rings. The maximum Gasteiger partial charge on any atom is 0.0441 e. The van der Waals surface area contributed by atoms with Crippen molar-refractivity contribution in [1.82, 2.24) is 9.97 Å². The Kier molecular flexibility index (Phi) is 5.24. The lowest BCUT2D eigenvalue weighted by molar-refractivity contribution is 0.474. The van der Waals surface area contributed by atoms with Crippen molar-refractivity contribution in [2.24, 2.45) is 0 Å². The molecule has 0 bridgehead atoms. The zero-order chi connectivity index (χ0) is 17.9. The van der Waals surface area contributed by atoms with Gasteiger partial charge in [0.05, 0.1) is 0 Å². The van der Waals surface area contributed by atoms with E-state index in [2.05, 4.69) is 74.1 Å². The maximum absolute atomic E-state index is 3.48. The molecule has 0 radical (unpaired) electrons. The molecule has 0 aromatic carbocycles. The van der Waals surface area contributed by atoms with Gasteiger partial charge in [-0.2, -0.15) is 0 Å². The van der Waals surface area contributed by atoms with E-state index < -0.39 is 0 Å². The Morgan fingerprint density at radius 3 is 1.36 bits per heavy atom. The Labute approximate surface area is 155 Å². The summed E-state index contributed by atoms with van der Waals surface area (Å²) in [5.41, 5.74) is 2.86. The molecule has 134 valence electrons. The molecule has 3 rings (SSSR count). The monoisotopic (exact) mass is 354 g/mol. The van der Waals surface area contributed by atoms with Gasteiger partial charge >= 0.3 is 0 Å². The molecule has 0 aliphatic carbocycles. The van der Waals surface area contributed by atoms with Crippen molar-refractivity contribution in [1.29, 1.82) is 0 Å². The number of hydrogen-bond donors (Lipinski definition) is 2. The van der Waals surface area contributed by atoms with Gasteiger partial charge in [-0.3, -0.25) is 0 Å². The van der Waals surface area contributed by atoms with Crippen LogP contribution in [0, 0.1) is 0 Å². The summed E-state index contributed by atoms with van der Waals surface area (Å²) in [6.07, 6.45) is 8.53. The van der Waals surface area contributed by atoms with Crippen LogP contribution in [0.5, 0.6) is 0 Å². The highest BCUT2D eigenvalue weighted by Gasteiger charge is 2.37. The lowest BCUT2D eigenvalue weighted by atomic mass is 9.77. The SMILES string of the molecule is CCC(CC)(c1ccc[nH]1)c1ccc(C(CC)(CC)c2ccc[nH]2)s1. The van der Waals surface area contributed by atoms with Crippen LogP contribution in [0.4, 0.5) is 0 Å². The van der Waals surface area contributed by atoms with Crippen LogP contribution in [0.25, 0.3) is 0 Å². The molecule has 0 unspecified atom stereocenters. The summed E-state index contributed by atoms with van der Waals surface area (Å²) in [6, 6.07) is 13.5. The van der Waals surface area contributed by atoms with E-state index in [1.165, 1.54) is 21.1 Å². The van der Waals surface area contributed by atoms with Crippen LogP contribution in [-0.4, -0.2) is 9.97 Å². The zero-order valence-corrected chi connectivity index (χ0v) is 16.7. The topological polar surface area (TPSA) is 31.6 Å². The van der Waals surface area contributed by atoms with Crippen LogP contribution < -0.4 is 0 Å². The van der Waals surface area contributed by atoms with Gasteiger partial charge in [-0.1, -0.05) is 27.7 Å². The van der Waals surface area contributed by atoms with E-state index in [4.69, 9.17) is 0 Å². The first kappa shape index (κ1) is 18.1. The largest absolute Gasteiger partial charge is 0.364 e. The Hall–Kier alpha value is -1.74. The van der Waals surface area contributed by atoms with Gasteiger partial charge in [-0.15, -0.1) is 11.3 Å². The number of H-pyrrole nitrogens is 2. The summed E-state index contributed by atoms with van der Waals surface area (Å²) in [5, 5.41) is 0. The van der Waals surface area contributed by atoms with Crippen molar-refractivity contribution < 1.29 is 0 Å². The fraction of sp³-hybridized carbons (Fsp3) is 0.455. The van der Waals surface area contributed by atoms with Crippen molar-refractivity contribution in [3.05, 3.63) is 69.9 Å². The third-order valence-corrected chi connectivity index (χ3v) is 7.68. The lowest BCUT2D eigenvalue weighted by Crippen LogP contribution is -2.26. The standard InChI is InChI=1S/C22H30N2S/c1-5-21(6-2,17-11-9-15-23-17)19-13-14-20(25-19)22(7-3,8-4)18-12-10-16-24-18/h9-16,23-24H,5-8H2,1-4H3. The highest BCUT2D eigenvalue weighted by molar-refractivity contribution is 7.12. The van der Waals surface area contributed by atoms with E-state index >= 15 is 0 Å². The second kappa shape index (κ2) is 7.25. The first-order valence-electron chi connectivity index (χ1n) is 9.55. The van der Waals surface area contributed by atoms with Gasteiger partial charge in [0, 0.05) is 44.4 Å². The second-order valence-electron chi connectivity index (χ2n) is 6.91. The summed E-state index contributed by atoms with van der Waals surface area (Å²) in [7, 11) is 0. The highest BCUT2D eigenvalue weighted by atomic mass is 32.1. The molecule has 0 spiro atoms. The van der Waals surface area contributed by atoms with E-state index in [-0.39, 0.29) is 10.8 Å². The molecule has 0 aliphatic rings. The molecule has 3 heteroatoms. The summed E-state index contributed by atoms with van der Waals surface area (Å²) >= 11 is 2.00. The van der Waals surface area contributed by atoms with Crippen LogP contribution in [0.1, 0.15) is 74.5 Å². The minimum atomic E-state index is 0.0926. The first-order valence-corrected chi connectivity index (χ1v) is 10.4. The summed E-state index contributed by atoms with van der Waals surface area (Å²) < 4.78 is 0. The molecule has 0 saturated carbocycles. The van der Waals surface area contributed by atoms with Gasteiger partial charge in [0.15, 0.2) is 0 Å². The van der Waals surface area contributed by atoms with Crippen LogP contribution in [0.2, 0.25) is 0 Å². The fourth-order valence-electron chi connectivity index (χ4n) is 4.33. The number of rotatable bonds is 8. The molecule has 2 N–H and O–H groups in total. The molecular weight excluding hydrogens is 324 g/mol. The van der Waals surface area contributed by atoms with Crippen LogP contribution >= 0.6 is 11.3 Å². The summed E-state index contributed by atoms with van der Waals surface area (Å²) in [4.78, 5) is 9.92. The van der Waals surface area contributed by atoms with E-state index in [0.29, 0.717) is 0 Å². The summed E-state index contributed by atoms with van der Waals surface area (Å²) in [6.45, 7) is 9.23. The number of aromatic nitrogens is 2. The third-order valence-electron chi connectivity index (χ3n) is 6.19. The van der Waals surface area contributed by atoms with E-state index in [0.717, 1.165) is 25.7 Å². The lowest BCUT2D eigenvalue weighted by Gasteiger charge is -2.32. The molecule has 0 aliphatic heterocycles. The van der Waals surface area contributed by atoms with E-state index in [1.54, 1.807) is 0 Å². The van der Waals surface area contributed by atoms with E-state index in [1.807, 2.05) is 23.7 Å². The smallest absolute Gasteiger partial charge is 0.0441 e. The van der Waals surface area contributed by atoms with Gasteiger partial charge in [-0.25, -0.2) is 0 Å². The Balaban J connectivity index is 2.09. The average Bonchev–Trinajstić information content (AvgIpc) is 3.42. The predicted octanol–water partition coefficient (Wildman–Crippen LogP) is 6.62. The van der Waals surface area contributed by atoms with Crippen LogP contribution in [0.3, 0.4) is 0 Å². The molecule has 3 heterocycles. The third kappa shape index (κ3) is 2.79. The van der Waals surface area contributed by atoms with Gasteiger partial charge in [0.1, 0.15) is 0 Å². The molecule has 0 atom stereocenters. The number of aromatic amines is 2. The Bertz CT molecular complexity index is 692. The molecule has 2 nitrogen and oxygen atoms in total. The van der Waals surface area contributed by atoms with Gasteiger partial charge in [0.25, 0.3) is 0 Å². The quantitative estimate of drug-likeness (QED) is 0.456. The molecular formula is C22H30N2S. The predicted molar refractivity (Wildman–Crippen MR) is 109 cm³/mol. The van der Waals surface area contributed by atoms with Crippen LogP contribution in [0.15, 0.2) is 48.8 Å². The van der Waals surface area contributed by atoms with Crippen molar-refractivity contribution >= 4 is 11.3 Å². The van der Waals surface area contributed by atoms with E-state index in [9.17, 15) is 0 Å². The molecule has 0 fully saturated rings. The van der Waals surface area contributed by atoms with Gasteiger partial charge in [-0.05, 0) is 62.1 Å². The Morgan fingerprint density at radius 1 is 0.680 bits per heavy atom. The molecule has 0 amide bonds.